The van der Waals surface area contributed by atoms with Gasteiger partial charge in [-0.15, -0.1) is 0 Å². The third-order valence-corrected chi connectivity index (χ3v) is 4.75. The van der Waals surface area contributed by atoms with Crippen molar-refractivity contribution in [2.45, 2.75) is 52.6 Å². The van der Waals surface area contributed by atoms with E-state index >= 15 is 0 Å². The van der Waals surface area contributed by atoms with Gasteiger partial charge in [-0.05, 0) is 32.7 Å². The standard InChI is InChI=1S/C17H26N6O2/c1-4-22(11-16-20-13(3)25-21-16)14-6-5-8-23(9-7-14)17(24)15-10-18-12(2)19-15/h10,14H,4-9,11H2,1-3H3,(H,18,19)/t14-/m1/s1. The molecule has 1 fully saturated rings. The molecular weight excluding hydrogens is 320 g/mol. The minimum Gasteiger partial charge on any atom is -0.340 e. The van der Waals surface area contributed by atoms with Crippen molar-refractivity contribution < 1.29 is 9.32 Å². The Morgan fingerprint density at radius 1 is 1.40 bits per heavy atom. The van der Waals surface area contributed by atoms with Crippen LogP contribution in [0.25, 0.3) is 0 Å². The van der Waals surface area contributed by atoms with E-state index in [1.807, 2.05) is 11.8 Å². The van der Waals surface area contributed by atoms with Crippen molar-refractivity contribution in [3.05, 3.63) is 29.4 Å². The van der Waals surface area contributed by atoms with Crippen LogP contribution in [0, 0.1) is 13.8 Å². The van der Waals surface area contributed by atoms with Crippen LogP contribution in [0.15, 0.2) is 10.7 Å². The Kier molecular flexibility index (Phi) is 5.47. The van der Waals surface area contributed by atoms with E-state index in [1.54, 1.807) is 13.1 Å². The first kappa shape index (κ1) is 17.6. The molecular formula is C17H26N6O2. The number of nitrogens with zero attached hydrogens (tertiary/aromatic N) is 5. The van der Waals surface area contributed by atoms with Gasteiger partial charge in [0.1, 0.15) is 11.5 Å². The van der Waals surface area contributed by atoms with Crippen LogP contribution < -0.4 is 0 Å². The van der Waals surface area contributed by atoms with Crippen LogP contribution in [-0.2, 0) is 6.54 Å². The number of H-pyrrole nitrogens is 1. The lowest BCUT2D eigenvalue weighted by Gasteiger charge is -2.28. The molecule has 25 heavy (non-hydrogen) atoms. The Hall–Kier alpha value is -2.22. The van der Waals surface area contributed by atoms with E-state index in [0.717, 1.165) is 50.5 Å². The van der Waals surface area contributed by atoms with Crippen LogP contribution >= 0.6 is 0 Å². The topological polar surface area (TPSA) is 91.2 Å². The first-order valence-electron chi connectivity index (χ1n) is 8.91. The second kappa shape index (κ2) is 7.77. The normalized spacial score (nSPS) is 18.6. The zero-order valence-electron chi connectivity index (χ0n) is 15.2. The maximum atomic E-state index is 12.6. The summed E-state index contributed by atoms with van der Waals surface area (Å²) in [5.74, 6) is 2.13. The lowest BCUT2D eigenvalue weighted by molar-refractivity contribution is 0.0750. The number of aromatic nitrogens is 4. The number of likely N-dealkylation sites (tertiary alicyclic amines) is 1. The Balaban J connectivity index is 1.60. The third kappa shape index (κ3) is 4.25. The summed E-state index contributed by atoms with van der Waals surface area (Å²) in [6, 6.07) is 0.421. The fourth-order valence-corrected chi connectivity index (χ4v) is 3.43. The van der Waals surface area contributed by atoms with E-state index in [2.05, 4.69) is 31.9 Å². The number of hydrogen-bond donors (Lipinski definition) is 1. The summed E-state index contributed by atoms with van der Waals surface area (Å²) in [6.45, 7) is 8.95. The van der Waals surface area contributed by atoms with Gasteiger partial charge in [0.15, 0.2) is 5.82 Å². The van der Waals surface area contributed by atoms with Crippen molar-refractivity contribution >= 4 is 5.91 Å². The molecule has 0 unspecified atom stereocenters. The van der Waals surface area contributed by atoms with Crippen LogP contribution in [0.3, 0.4) is 0 Å². The smallest absolute Gasteiger partial charge is 0.271 e. The molecule has 2 aromatic heterocycles. The molecule has 1 amide bonds. The summed E-state index contributed by atoms with van der Waals surface area (Å²) >= 11 is 0. The Bertz CT molecular complexity index is 710. The molecule has 8 nitrogen and oxygen atoms in total. The molecule has 2 aromatic rings. The summed E-state index contributed by atoms with van der Waals surface area (Å²) in [5.41, 5.74) is 0.575. The average Bonchev–Trinajstić information content (AvgIpc) is 3.13. The second-order valence-corrected chi connectivity index (χ2v) is 6.55. The van der Waals surface area contributed by atoms with Crippen molar-refractivity contribution in [3.8, 4) is 0 Å². The predicted molar refractivity (Wildman–Crippen MR) is 92.0 cm³/mol. The molecule has 0 aromatic carbocycles. The Labute approximate surface area is 147 Å². The van der Waals surface area contributed by atoms with Crippen molar-refractivity contribution in [1.29, 1.82) is 0 Å². The van der Waals surface area contributed by atoms with E-state index < -0.39 is 0 Å². The number of aryl methyl sites for hydroxylation is 2. The highest BCUT2D eigenvalue weighted by Gasteiger charge is 2.26. The van der Waals surface area contributed by atoms with E-state index in [4.69, 9.17) is 4.52 Å². The van der Waals surface area contributed by atoms with Crippen LogP contribution in [0.4, 0.5) is 0 Å². The first-order valence-corrected chi connectivity index (χ1v) is 8.91. The van der Waals surface area contributed by atoms with Gasteiger partial charge in [0.25, 0.3) is 5.91 Å². The lowest BCUT2D eigenvalue weighted by atomic mass is 10.1. The largest absolute Gasteiger partial charge is 0.340 e. The number of amides is 1. The number of carbonyl (C=O) groups excluding carboxylic acids is 1. The molecule has 1 saturated heterocycles. The van der Waals surface area contributed by atoms with Crippen molar-refractivity contribution in [1.82, 2.24) is 29.9 Å². The van der Waals surface area contributed by atoms with Gasteiger partial charge in [0.2, 0.25) is 5.89 Å². The highest BCUT2D eigenvalue weighted by molar-refractivity contribution is 5.92. The molecule has 0 aliphatic carbocycles. The van der Waals surface area contributed by atoms with Crippen molar-refractivity contribution in [3.63, 3.8) is 0 Å². The van der Waals surface area contributed by atoms with Crippen molar-refractivity contribution in [2.24, 2.45) is 0 Å². The summed E-state index contributed by atoms with van der Waals surface area (Å²) < 4.78 is 5.07. The molecule has 1 N–H and O–H groups in total. The monoisotopic (exact) mass is 346 g/mol. The maximum Gasteiger partial charge on any atom is 0.271 e. The fourth-order valence-electron chi connectivity index (χ4n) is 3.43. The van der Waals surface area contributed by atoms with Crippen LogP contribution in [-0.4, -0.2) is 61.5 Å². The molecule has 8 heteroatoms. The molecule has 136 valence electrons. The van der Waals surface area contributed by atoms with Gasteiger partial charge in [-0.3, -0.25) is 9.69 Å². The fraction of sp³-hybridized carbons (Fsp3) is 0.647. The number of nitrogens with one attached hydrogen (secondary N) is 1. The SMILES string of the molecule is CCN(Cc1noc(C)n1)[C@@H]1CCCN(C(=O)c2cnc(C)[nH]2)CC1. The van der Waals surface area contributed by atoms with E-state index in [-0.39, 0.29) is 5.91 Å². The molecule has 1 atom stereocenters. The summed E-state index contributed by atoms with van der Waals surface area (Å²) in [4.78, 5) is 28.4. The zero-order chi connectivity index (χ0) is 17.8. The molecule has 1 aliphatic rings. The highest BCUT2D eigenvalue weighted by atomic mass is 16.5. The van der Waals surface area contributed by atoms with Gasteiger partial charge in [0, 0.05) is 26.1 Å². The zero-order valence-corrected chi connectivity index (χ0v) is 15.2. The molecule has 1 aliphatic heterocycles. The highest BCUT2D eigenvalue weighted by Crippen LogP contribution is 2.19. The van der Waals surface area contributed by atoms with Gasteiger partial charge in [0.05, 0.1) is 12.7 Å². The first-order chi connectivity index (χ1) is 12.1. The quantitative estimate of drug-likeness (QED) is 0.889. The van der Waals surface area contributed by atoms with Gasteiger partial charge < -0.3 is 14.4 Å². The summed E-state index contributed by atoms with van der Waals surface area (Å²) in [7, 11) is 0. The van der Waals surface area contributed by atoms with Crippen LogP contribution in [0.1, 0.15) is 54.2 Å². The maximum absolute atomic E-state index is 12.6. The van der Waals surface area contributed by atoms with Gasteiger partial charge in [-0.1, -0.05) is 12.1 Å². The minimum atomic E-state index is 0.0399. The number of imidazole rings is 1. The van der Waals surface area contributed by atoms with Crippen molar-refractivity contribution in [2.75, 3.05) is 19.6 Å². The van der Waals surface area contributed by atoms with E-state index in [1.165, 1.54) is 0 Å². The lowest BCUT2D eigenvalue weighted by Crippen LogP contribution is -2.37. The number of hydrogen-bond acceptors (Lipinski definition) is 6. The number of rotatable bonds is 5. The molecule has 0 spiro atoms. The minimum absolute atomic E-state index is 0.0399. The third-order valence-electron chi connectivity index (χ3n) is 4.75. The average molecular weight is 346 g/mol. The van der Waals surface area contributed by atoms with E-state index in [9.17, 15) is 4.79 Å². The Morgan fingerprint density at radius 2 is 2.24 bits per heavy atom. The molecule has 0 bridgehead atoms. The van der Waals surface area contributed by atoms with Crippen LogP contribution in [0.2, 0.25) is 0 Å². The summed E-state index contributed by atoms with van der Waals surface area (Å²) in [6.07, 6.45) is 4.63. The van der Waals surface area contributed by atoms with Crippen LogP contribution in [0.5, 0.6) is 0 Å². The second-order valence-electron chi connectivity index (χ2n) is 6.55. The molecule has 0 saturated carbocycles. The predicted octanol–water partition coefficient (Wildman–Crippen LogP) is 1.93. The molecule has 3 rings (SSSR count). The number of aromatic amines is 1. The number of carbonyl (C=O) groups is 1. The van der Waals surface area contributed by atoms with Gasteiger partial charge >= 0.3 is 0 Å². The Morgan fingerprint density at radius 3 is 2.88 bits per heavy atom. The van der Waals surface area contributed by atoms with E-state index in [0.29, 0.717) is 24.2 Å². The molecule has 3 heterocycles. The van der Waals surface area contributed by atoms with Gasteiger partial charge in [-0.25, -0.2) is 4.98 Å². The molecule has 0 radical (unpaired) electrons. The summed E-state index contributed by atoms with van der Waals surface area (Å²) in [5, 5.41) is 4.00. The van der Waals surface area contributed by atoms with Gasteiger partial charge in [-0.2, -0.15) is 4.98 Å².